The lowest BCUT2D eigenvalue weighted by molar-refractivity contribution is -0.132. The molecule has 3 heteroatoms. The van der Waals surface area contributed by atoms with Crippen molar-refractivity contribution in [1.82, 2.24) is 9.47 Å². The lowest BCUT2D eigenvalue weighted by Crippen LogP contribution is -2.31. The number of hydrogen-bond donors (Lipinski definition) is 0. The molecule has 4 rings (SSSR count). The second-order valence-corrected chi connectivity index (χ2v) is 6.47. The van der Waals surface area contributed by atoms with Gasteiger partial charge >= 0.3 is 0 Å². The third-order valence-electron chi connectivity index (χ3n) is 5.00. The molecule has 24 heavy (non-hydrogen) atoms. The summed E-state index contributed by atoms with van der Waals surface area (Å²) in [5.41, 5.74) is 2.46. The first-order valence-corrected chi connectivity index (χ1v) is 8.71. The van der Waals surface area contributed by atoms with Gasteiger partial charge < -0.3 is 9.47 Å². The maximum Gasteiger partial charge on any atom is 0.224 e. The summed E-state index contributed by atoms with van der Waals surface area (Å²) in [4.78, 5) is 14.8. The van der Waals surface area contributed by atoms with Crippen LogP contribution in [0.2, 0.25) is 0 Å². The Balaban J connectivity index is 1.46. The summed E-state index contributed by atoms with van der Waals surface area (Å²) in [5, 5.41) is 1.23. The highest BCUT2D eigenvalue weighted by atomic mass is 16.2. The number of nitrogens with zero attached hydrogens (tertiary/aromatic N) is 2. The SMILES string of the molecule is O=C(CCn1ccc2ccccc21)N1CCCC1c1ccccc1. The Hall–Kier alpha value is -2.55. The van der Waals surface area contributed by atoms with Crippen molar-refractivity contribution in [2.75, 3.05) is 6.54 Å². The Morgan fingerprint density at radius 1 is 1.00 bits per heavy atom. The summed E-state index contributed by atoms with van der Waals surface area (Å²) < 4.78 is 2.18. The molecule has 1 aliphatic heterocycles. The van der Waals surface area contributed by atoms with Gasteiger partial charge in [-0.1, -0.05) is 48.5 Å². The number of carbonyl (C=O) groups excluding carboxylic acids is 1. The maximum absolute atomic E-state index is 12.8. The van der Waals surface area contributed by atoms with Crippen molar-refractivity contribution in [3.05, 3.63) is 72.4 Å². The predicted molar refractivity (Wildman–Crippen MR) is 96.7 cm³/mol. The van der Waals surface area contributed by atoms with Crippen LogP contribution in [-0.2, 0) is 11.3 Å². The van der Waals surface area contributed by atoms with E-state index in [1.54, 1.807) is 0 Å². The van der Waals surface area contributed by atoms with E-state index in [4.69, 9.17) is 0 Å². The normalized spacial score (nSPS) is 17.5. The molecule has 0 aliphatic carbocycles. The summed E-state index contributed by atoms with van der Waals surface area (Å²) in [6.07, 6.45) is 4.80. The molecule has 3 aromatic rings. The van der Waals surface area contributed by atoms with Gasteiger partial charge in [-0.2, -0.15) is 0 Å². The highest BCUT2D eigenvalue weighted by molar-refractivity contribution is 5.81. The Kier molecular flexibility index (Phi) is 4.08. The highest BCUT2D eigenvalue weighted by Gasteiger charge is 2.29. The molecule has 0 spiro atoms. The molecule has 1 amide bonds. The first kappa shape index (κ1) is 15.0. The summed E-state index contributed by atoms with van der Waals surface area (Å²) in [6.45, 7) is 1.62. The molecule has 0 N–H and O–H groups in total. The summed E-state index contributed by atoms with van der Waals surface area (Å²) >= 11 is 0. The van der Waals surface area contributed by atoms with Crippen LogP contribution in [0.3, 0.4) is 0 Å². The van der Waals surface area contributed by atoms with Gasteiger partial charge in [0.05, 0.1) is 6.04 Å². The zero-order valence-electron chi connectivity index (χ0n) is 13.8. The number of aryl methyl sites for hydroxylation is 1. The van der Waals surface area contributed by atoms with Crippen molar-refractivity contribution in [2.24, 2.45) is 0 Å². The van der Waals surface area contributed by atoms with Crippen molar-refractivity contribution in [1.29, 1.82) is 0 Å². The van der Waals surface area contributed by atoms with E-state index >= 15 is 0 Å². The Labute approximate surface area is 142 Å². The van der Waals surface area contributed by atoms with E-state index in [1.807, 2.05) is 18.2 Å². The minimum atomic E-state index is 0.250. The fourth-order valence-electron chi connectivity index (χ4n) is 3.78. The molecule has 1 aliphatic rings. The number of aromatic nitrogens is 1. The molecule has 0 bridgehead atoms. The molecule has 1 saturated heterocycles. The Morgan fingerprint density at radius 2 is 1.79 bits per heavy atom. The number of carbonyl (C=O) groups is 1. The van der Waals surface area contributed by atoms with Crippen LogP contribution in [0.25, 0.3) is 10.9 Å². The standard InChI is InChI=1S/C21H22N2O/c24-21(13-16-22-15-12-18-9-4-5-10-19(18)22)23-14-6-11-20(23)17-7-2-1-3-8-17/h1-5,7-10,12,15,20H,6,11,13-14,16H2. The summed E-state index contributed by atoms with van der Waals surface area (Å²) in [5.74, 6) is 0.263. The fraction of sp³-hybridized carbons (Fsp3) is 0.286. The van der Waals surface area contributed by atoms with E-state index in [-0.39, 0.29) is 11.9 Å². The molecular weight excluding hydrogens is 296 g/mol. The first-order valence-electron chi connectivity index (χ1n) is 8.71. The number of para-hydroxylation sites is 1. The minimum absolute atomic E-state index is 0.250. The van der Waals surface area contributed by atoms with E-state index in [0.717, 1.165) is 25.9 Å². The van der Waals surface area contributed by atoms with Gasteiger partial charge in [0.25, 0.3) is 0 Å². The van der Waals surface area contributed by atoms with Crippen molar-refractivity contribution in [3.8, 4) is 0 Å². The minimum Gasteiger partial charge on any atom is -0.347 e. The van der Waals surface area contributed by atoms with E-state index in [9.17, 15) is 4.79 Å². The van der Waals surface area contributed by atoms with Crippen LogP contribution in [-0.4, -0.2) is 21.9 Å². The monoisotopic (exact) mass is 318 g/mol. The van der Waals surface area contributed by atoms with Gasteiger partial charge in [-0.05, 0) is 35.9 Å². The quantitative estimate of drug-likeness (QED) is 0.700. The first-order chi connectivity index (χ1) is 11.8. The second-order valence-electron chi connectivity index (χ2n) is 6.47. The third-order valence-corrected chi connectivity index (χ3v) is 5.00. The van der Waals surface area contributed by atoms with Crippen LogP contribution in [0.15, 0.2) is 66.9 Å². The van der Waals surface area contributed by atoms with Crippen LogP contribution in [0.4, 0.5) is 0 Å². The van der Waals surface area contributed by atoms with Crippen LogP contribution in [0, 0.1) is 0 Å². The molecule has 2 aromatic carbocycles. The van der Waals surface area contributed by atoms with Crippen molar-refractivity contribution >= 4 is 16.8 Å². The average molecular weight is 318 g/mol. The van der Waals surface area contributed by atoms with Crippen molar-refractivity contribution < 1.29 is 4.79 Å². The molecule has 2 heterocycles. The second kappa shape index (κ2) is 6.52. The molecule has 1 fully saturated rings. The van der Waals surface area contributed by atoms with E-state index in [2.05, 4.69) is 58.1 Å². The topological polar surface area (TPSA) is 25.2 Å². The Morgan fingerprint density at radius 3 is 2.67 bits per heavy atom. The average Bonchev–Trinajstić information content (AvgIpc) is 3.28. The zero-order valence-corrected chi connectivity index (χ0v) is 13.8. The van der Waals surface area contributed by atoms with Gasteiger partial charge in [-0.3, -0.25) is 4.79 Å². The van der Waals surface area contributed by atoms with Gasteiger partial charge in [-0.15, -0.1) is 0 Å². The lowest BCUT2D eigenvalue weighted by Gasteiger charge is -2.25. The third kappa shape index (κ3) is 2.82. The van der Waals surface area contributed by atoms with Gasteiger partial charge in [0.2, 0.25) is 5.91 Å². The zero-order chi connectivity index (χ0) is 16.4. The molecular formula is C21H22N2O. The number of amides is 1. The molecule has 3 nitrogen and oxygen atoms in total. The summed E-state index contributed by atoms with van der Waals surface area (Å²) in [7, 11) is 0. The van der Waals surface area contributed by atoms with Crippen molar-refractivity contribution in [2.45, 2.75) is 31.8 Å². The van der Waals surface area contributed by atoms with E-state index in [0.29, 0.717) is 6.42 Å². The number of benzene rings is 2. The molecule has 122 valence electrons. The Bertz CT molecular complexity index is 837. The largest absolute Gasteiger partial charge is 0.347 e. The van der Waals surface area contributed by atoms with Crippen LogP contribution in [0.1, 0.15) is 30.9 Å². The van der Waals surface area contributed by atoms with Crippen molar-refractivity contribution in [3.63, 3.8) is 0 Å². The number of rotatable bonds is 4. The predicted octanol–water partition coefficient (Wildman–Crippen LogP) is 4.40. The highest BCUT2D eigenvalue weighted by Crippen LogP contribution is 2.32. The van der Waals surface area contributed by atoms with Gasteiger partial charge in [0.15, 0.2) is 0 Å². The van der Waals surface area contributed by atoms with Crippen LogP contribution in [0.5, 0.6) is 0 Å². The van der Waals surface area contributed by atoms with Gasteiger partial charge in [0.1, 0.15) is 0 Å². The smallest absolute Gasteiger partial charge is 0.224 e. The van der Waals surface area contributed by atoms with E-state index < -0.39 is 0 Å². The van der Waals surface area contributed by atoms with E-state index in [1.165, 1.54) is 16.5 Å². The van der Waals surface area contributed by atoms with Crippen LogP contribution < -0.4 is 0 Å². The fourth-order valence-corrected chi connectivity index (χ4v) is 3.78. The number of hydrogen-bond acceptors (Lipinski definition) is 1. The molecule has 0 saturated carbocycles. The lowest BCUT2D eigenvalue weighted by atomic mass is 10.0. The van der Waals surface area contributed by atoms with Crippen LogP contribution >= 0.6 is 0 Å². The number of fused-ring (bicyclic) bond motifs is 1. The van der Waals surface area contributed by atoms with Gasteiger partial charge in [0, 0.05) is 31.2 Å². The number of likely N-dealkylation sites (tertiary alicyclic amines) is 1. The summed E-state index contributed by atoms with van der Waals surface area (Å²) in [6, 6.07) is 21.1. The van der Waals surface area contributed by atoms with Gasteiger partial charge in [-0.25, -0.2) is 0 Å². The maximum atomic E-state index is 12.8. The molecule has 1 unspecified atom stereocenters. The molecule has 1 aromatic heterocycles. The molecule has 1 atom stereocenters. The molecule has 0 radical (unpaired) electrons.